The number of carbonyl (C=O) groups excluding carboxylic acids is 1. The van der Waals surface area contributed by atoms with Crippen LogP contribution in [0.25, 0.3) is 0 Å². The van der Waals surface area contributed by atoms with E-state index in [-0.39, 0.29) is 24.0 Å². The number of halogens is 1. The Balaban J connectivity index is 1.52. The van der Waals surface area contributed by atoms with Crippen molar-refractivity contribution in [3.05, 3.63) is 54.4 Å². The fraction of sp³-hybridized carbons (Fsp3) is 0.444. The highest BCUT2D eigenvalue weighted by atomic mass is 19.1. The molecule has 25 heavy (non-hydrogen) atoms. The minimum atomic E-state index is -0.293. The molecule has 0 spiro atoms. The van der Waals surface area contributed by atoms with Crippen LogP contribution in [0.4, 0.5) is 9.18 Å². The summed E-state index contributed by atoms with van der Waals surface area (Å²) in [7, 11) is 0. The van der Waals surface area contributed by atoms with E-state index in [0.29, 0.717) is 13.2 Å². The Kier molecular flexibility index (Phi) is 6.00. The van der Waals surface area contributed by atoms with Crippen LogP contribution >= 0.6 is 0 Å². The third-order valence-electron chi connectivity index (χ3n) is 4.29. The molecule has 7 heteroatoms. The third-order valence-corrected chi connectivity index (χ3v) is 4.29. The Bertz CT molecular complexity index is 654. The lowest BCUT2D eigenvalue weighted by Crippen LogP contribution is -2.42. The fourth-order valence-corrected chi connectivity index (χ4v) is 3.00. The van der Waals surface area contributed by atoms with Crippen LogP contribution in [-0.4, -0.2) is 34.8 Å². The van der Waals surface area contributed by atoms with E-state index in [4.69, 9.17) is 4.74 Å². The number of urea groups is 1. The first-order valence-electron chi connectivity index (χ1n) is 8.59. The van der Waals surface area contributed by atoms with Crippen LogP contribution in [0.2, 0.25) is 0 Å². The van der Waals surface area contributed by atoms with Gasteiger partial charge in [0.1, 0.15) is 5.82 Å². The minimum Gasteiger partial charge on any atom is -0.376 e. The fourth-order valence-electron chi connectivity index (χ4n) is 3.00. The summed E-state index contributed by atoms with van der Waals surface area (Å²) in [4.78, 5) is 16.2. The number of aryl methyl sites for hydroxylation is 1. The molecule has 0 bridgehead atoms. The number of ether oxygens (including phenoxy) is 1. The Hall–Kier alpha value is -2.41. The molecule has 134 valence electrons. The monoisotopic (exact) mass is 346 g/mol. The predicted octanol–water partition coefficient (Wildman–Crippen LogP) is 2.63. The summed E-state index contributed by atoms with van der Waals surface area (Å²) in [5.41, 5.74) is 0.849. The molecule has 1 aromatic carbocycles. The number of carbonyl (C=O) groups is 1. The smallest absolute Gasteiger partial charge is 0.315 e. The average Bonchev–Trinajstić information content (AvgIpc) is 3.31. The molecule has 6 nitrogen and oxygen atoms in total. The first-order valence-corrected chi connectivity index (χ1v) is 8.59. The number of benzene rings is 1. The topological polar surface area (TPSA) is 68.2 Å². The number of nitrogens with one attached hydrogen (secondary N) is 2. The second-order valence-corrected chi connectivity index (χ2v) is 6.13. The van der Waals surface area contributed by atoms with Gasteiger partial charge in [-0.3, -0.25) is 0 Å². The summed E-state index contributed by atoms with van der Waals surface area (Å²) in [5.74, 6) is -0.293. The van der Waals surface area contributed by atoms with E-state index in [1.165, 1.54) is 12.1 Å². The first-order chi connectivity index (χ1) is 12.2. The zero-order valence-electron chi connectivity index (χ0n) is 14.0. The van der Waals surface area contributed by atoms with E-state index < -0.39 is 0 Å². The average molecular weight is 346 g/mol. The summed E-state index contributed by atoms with van der Waals surface area (Å²) in [6.45, 7) is 2.05. The molecule has 2 amide bonds. The van der Waals surface area contributed by atoms with Gasteiger partial charge in [-0.25, -0.2) is 14.2 Å². The number of hydrogen-bond acceptors (Lipinski definition) is 3. The standard InChI is InChI=1S/C18H23FN4O2/c19-15-6-4-14(5-7-15)17(16-3-1-12-25-16)22-18(24)21-8-2-10-23-11-9-20-13-23/h4-7,9,11,13,16-17H,1-3,8,10,12H2,(H2,21,22,24). The van der Waals surface area contributed by atoms with Crippen molar-refractivity contribution in [1.29, 1.82) is 0 Å². The molecule has 2 aromatic rings. The maximum atomic E-state index is 13.2. The number of aromatic nitrogens is 2. The Labute approximate surface area is 146 Å². The van der Waals surface area contributed by atoms with Crippen molar-refractivity contribution in [2.45, 2.75) is 38.0 Å². The molecular formula is C18H23FN4O2. The first kappa shape index (κ1) is 17.4. The number of rotatable bonds is 7. The molecule has 0 radical (unpaired) electrons. The van der Waals surface area contributed by atoms with Crippen LogP contribution in [0.15, 0.2) is 43.0 Å². The van der Waals surface area contributed by atoms with Gasteiger partial charge < -0.3 is 19.9 Å². The highest BCUT2D eigenvalue weighted by Crippen LogP contribution is 2.27. The highest BCUT2D eigenvalue weighted by Gasteiger charge is 2.28. The van der Waals surface area contributed by atoms with Crippen molar-refractivity contribution >= 4 is 6.03 Å². The van der Waals surface area contributed by atoms with Crippen LogP contribution in [0, 0.1) is 5.82 Å². The molecular weight excluding hydrogens is 323 g/mol. The van der Waals surface area contributed by atoms with Crippen molar-refractivity contribution in [2.24, 2.45) is 0 Å². The quantitative estimate of drug-likeness (QED) is 0.758. The molecule has 1 aromatic heterocycles. The van der Waals surface area contributed by atoms with Crippen molar-refractivity contribution < 1.29 is 13.9 Å². The molecule has 2 N–H and O–H groups in total. The van der Waals surface area contributed by atoms with Gasteiger partial charge in [-0.2, -0.15) is 0 Å². The van der Waals surface area contributed by atoms with Gasteiger partial charge in [-0.1, -0.05) is 12.1 Å². The predicted molar refractivity (Wildman–Crippen MR) is 91.5 cm³/mol. The second kappa shape index (κ2) is 8.62. The number of hydrogen-bond donors (Lipinski definition) is 2. The van der Waals surface area contributed by atoms with E-state index in [1.54, 1.807) is 24.7 Å². The summed E-state index contributed by atoms with van der Waals surface area (Å²) in [6.07, 6.45) is 7.95. The molecule has 1 aliphatic rings. The van der Waals surface area contributed by atoms with Gasteiger partial charge in [0.15, 0.2) is 0 Å². The van der Waals surface area contributed by atoms with Gasteiger partial charge in [0, 0.05) is 32.1 Å². The lowest BCUT2D eigenvalue weighted by atomic mass is 9.99. The molecule has 1 fully saturated rings. The highest BCUT2D eigenvalue weighted by molar-refractivity contribution is 5.74. The Morgan fingerprint density at radius 3 is 2.92 bits per heavy atom. The van der Waals surface area contributed by atoms with Gasteiger partial charge in [-0.05, 0) is 37.0 Å². The molecule has 1 aliphatic heterocycles. The van der Waals surface area contributed by atoms with Crippen LogP contribution in [0.1, 0.15) is 30.9 Å². The van der Waals surface area contributed by atoms with E-state index in [9.17, 15) is 9.18 Å². The van der Waals surface area contributed by atoms with Crippen LogP contribution < -0.4 is 10.6 Å². The zero-order valence-corrected chi connectivity index (χ0v) is 14.0. The second-order valence-electron chi connectivity index (χ2n) is 6.13. The van der Waals surface area contributed by atoms with E-state index in [1.807, 2.05) is 10.8 Å². The van der Waals surface area contributed by atoms with Gasteiger partial charge in [0.25, 0.3) is 0 Å². The van der Waals surface area contributed by atoms with Crippen molar-refractivity contribution in [1.82, 2.24) is 20.2 Å². The van der Waals surface area contributed by atoms with Crippen molar-refractivity contribution in [3.63, 3.8) is 0 Å². The molecule has 2 heterocycles. The van der Waals surface area contributed by atoms with Gasteiger partial charge in [-0.15, -0.1) is 0 Å². The summed E-state index contributed by atoms with van der Waals surface area (Å²) in [6, 6.07) is 5.68. The summed E-state index contributed by atoms with van der Waals surface area (Å²) < 4.78 is 20.9. The molecule has 1 saturated heterocycles. The molecule has 2 atom stereocenters. The lowest BCUT2D eigenvalue weighted by Gasteiger charge is -2.25. The van der Waals surface area contributed by atoms with Crippen molar-refractivity contribution in [3.8, 4) is 0 Å². The molecule has 0 saturated carbocycles. The number of nitrogens with zero attached hydrogens (tertiary/aromatic N) is 2. The molecule has 3 rings (SSSR count). The lowest BCUT2D eigenvalue weighted by molar-refractivity contribution is 0.0807. The molecule has 2 unspecified atom stereocenters. The summed E-state index contributed by atoms with van der Waals surface area (Å²) >= 11 is 0. The van der Waals surface area contributed by atoms with Crippen LogP contribution in [-0.2, 0) is 11.3 Å². The van der Waals surface area contributed by atoms with E-state index in [0.717, 1.165) is 31.4 Å². The zero-order chi connectivity index (χ0) is 17.5. The van der Waals surface area contributed by atoms with Gasteiger partial charge >= 0.3 is 6.03 Å². The van der Waals surface area contributed by atoms with Crippen LogP contribution in [0.5, 0.6) is 0 Å². The number of imidazole rings is 1. The Morgan fingerprint density at radius 2 is 2.24 bits per heavy atom. The number of amides is 2. The maximum Gasteiger partial charge on any atom is 0.315 e. The van der Waals surface area contributed by atoms with Gasteiger partial charge in [0.2, 0.25) is 0 Å². The normalized spacial score (nSPS) is 18.0. The van der Waals surface area contributed by atoms with E-state index >= 15 is 0 Å². The van der Waals surface area contributed by atoms with Gasteiger partial charge in [0.05, 0.1) is 18.5 Å². The van der Waals surface area contributed by atoms with Crippen LogP contribution in [0.3, 0.4) is 0 Å². The Morgan fingerprint density at radius 1 is 1.40 bits per heavy atom. The minimum absolute atomic E-state index is 0.0813. The third kappa shape index (κ3) is 5.03. The van der Waals surface area contributed by atoms with Crippen molar-refractivity contribution in [2.75, 3.05) is 13.2 Å². The largest absolute Gasteiger partial charge is 0.376 e. The summed E-state index contributed by atoms with van der Waals surface area (Å²) in [5, 5.41) is 5.84. The van der Waals surface area contributed by atoms with E-state index in [2.05, 4.69) is 15.6 Å². The SMILES string of the molecule is O=C(NCCCn1ccnc1)NC(c1ccc(F)cc1)C1CCCO1. The molecule has 0 aliphatic carbocycles. The maximum absolute atomic E-state index is 13.2.